The van der Waals surface area contributed by atoms with E-state index < -0.39 is 13.6 Å². The highest BCUT2D eigenvalue weighted by Gasteiger charge is 2.34. The van der Waals surface area contributed by atoms with Gasteiger partial charge in [-0.2, -0.15) is 0 Å². The number of carbonyl (C=O) groups excluding carboxylic acids is 2. The van der Waals surface area contributed by atoms with Crippen LogP contribution in [0.1, 0.15) is 30.6 Å². The third-order valence-electron chi connectivity index (χ3n) is 5.22. The number of carbonyl (C=O) groups is 2. The summed E-state index contributed by atoms with van der Waals surface area (Å²) >= 11 is 0. The molecule has 0 N–H and O–H groups in total. The van der Waals surface area contributed by atoms with Gasteiger partial charge in [-0.15, -0.1) is 0 Å². The van der Waals surface area contributed by atoms with Crippen LogP contribution in [0.3, 0.4) is 0 Å². The van der Waals surface area contributed by atoms with Crippen LogP contribution >= 0.6 is 7.92 Å². The highest BCUT2D eigenvalue weighted by atomic mass is 31.1. The minimum Gasteiger partial charge on any atom is -0.343 e. The second kappa shape index (κ2) is 10.8. The first-order valence-corrected chi connectivity index (χ1v) is 11.8. The van der Waals surface area contributed by atoms with Gasteiger partial charge in [0.05, 0.1) is 5.66 Å². The number of ketones is 1. The van der Waals surface area contributed by atoms with Gasteiger partial charge in [0.25, 0.3) is 0 Å². The molecule has 0 fully saturated rings. The molecule has 0 radical (unpaired) electrons. The molecule has 30 heavy (non-hydrogen) atoms. The quantitative estimate of drug-likeness (QED) is 0.376. The van der Waals surface area contributed by atoms with E-state index in [0.717, 1.165) is 10.6 Å². The van der Waals surface area contributed by atoms with Gasteiger partial charge >= 0.3 is 0 Å². The lowest BCUT2D eigenvalue weighted by atomic mass is 10.1. The summed E-state index contributed by atoms with van der Waals surface area (Å²) in [6.45, 7) is 5.26. The van der Waals surface area contributed by atoms with E-state index in [0.29, 0.717) is 18.7 Å². The molecule has 0 bridgehead atoms. The zero-order valence-corrected chi connectivity index (χ0v) is 18.5. The fourth-order valence-corrected chi connectivity index (χ4v) is 6.38. The predicted octanol–water partition coefficient (Wildman–Crippen LogP) is 4.63. The summed E-state index contributed by atoms with van der Waals surface area (Å²) in [5.74, 6) is 0.0727. The predicted molar refractivity (Wildman–Crippen MR) is 126 cm³/mol. The van der Waals surface area contributed by atoms with E-state index in [9.17, 15) is 9.59 Å². The Labute approximate surface area is 180 Å². The number of hydrogen-bond acceptors (Lipinski definition) is 2. The maximum Gasteiger partial charge on any atom is 0.231 e. The Morgan fingerprint density at radius 3 is 1.60 bits per heavy atom. The zero-order chi connectivity index (χ0) is 21.3. The van der Waals surface area contributed by atoms with Crippen molar-refractivity contribution >= 4 is 30.2 Å². The van der Waals surface area contributed by atoms with Crippen molar-refractivity contribution < 1.29 is 9.59 Å². The molecule has 1 amide bonds. The first-order chi connectivity index (χ1) is 14.7. The van der Waals surface area contributed by atoms with Crippen LogP contribution in [-0.4, -0.2) is 35.3 Å². The Hall–Kier alpha value is -2.77. The summed E-state index contributed by atoms with van der Waals surface area (Å²) in [6, 6.07) is 29.6. The van der Waals surface area contributed by atoms with Gasteiger partial charge in [-0.05, 0) is 32.4 Å². The van der Waals surface area contributed by atoms with Gasteiger partial charge in [-0.3, -0.25) is 9.59 Å². The number of rotatable bonds is 9. The van der Waals surface area contributed by atoms with Gasteiger partial charge in [-0.1, -0.05) is 91.0 Å². The van der Waals surface area contributed by atoms with Crippen LogP contribution in [0.15, 0.2) is 91.0 Å². The van der Waals surface area contributed by atoms with Gasteiger partial charge in [0, 0.05) is 25.1 Å². The molecule has 0 unspecified atom stereocenters. The fourth-order valence-electron chi connectivity index (χ4n) is 3.64. The summed E-state index contributed by atoms with van der Waals surface area (Å²) < 4.78 is 0. The third-order valence-corrected chi connectivity index (χ3v) is 7.95. The molecule has 0 saturated heterocycles. The highest BCUT2D eigenvalue weighted by Crippen LogP contribution is 2.42. The van der Waals surface area contributed by atoms with Crippen molar-refractivity contribution in [2.75, 3.05) is 13.1 Å². The molecule has 0 spiro atoms. The van der Waals surface area contributed by atoms with Crippen molar-refractivity contribution in [3.8, 4) is 0 Å². The largest absolute Gasteiger partial charge is 0.343 e. The lowest BCUT2D eigenvalue weighted by Crippen LogP contribution is -2.41. The lowest BCUT2D eigenvalue weighted by molar-refractivity contribution is -0.130. The number of benzene rings is 3. The maximum atomic E-state index is 13.7. The molecule has 3 rings (SSSR count). The zero-order valence-electron chi connectivity index (χ0n) is 17.6. The van der Waals surface area contributed by atoms with Crippen molar-refractivity contribution in [2.45, 2.75) is 25.9 Å². The van der Waals surface area contributed by atoms with E-state index in [2.05, 4.69) is 24.3 Å². The Morgan fingerprint density at radius 2 is 1.17 bits per heavy atom. The maximum absolute atomic E-state index is 13.7. The molecular formula is C26H28NO2P. The molecule has 0 heterocycles. The molecule has 3 aromatic rings. The minimum absolute atomic E-state index is 0.0143. The molecule has 0 aromatic heterocycles. The first-order valence-electron chi connectivity index (χ1n) is 10.4. The van der Waals surface area contributed by atoms with Gasteiger partial charge < -0.3 is 4.90 Å². The van der Waals surface area contributed by atoms with E-state index in [1.807, 2.05) is 85.5 Å². The summed E-state index contributed by atoms with van der Waals surface area (Å²) in [5.41, 5.74) is 0.253. The van der Waals surface area contributed by atoms with Gasteiger partial charge in [0.2, 0.25) is 5.91 Å². The van der Waals surface area contributed by atoms with Gasteiger partial charge in [0.15, 0.2) is 5.78 Å². The van der Waals surface area contributed by atoms with Crippen LogP contribution in [0.2, 0.25) is 0 Å². The Kier molecular flexibility index (Phi) is 7.93. The molecule has 1 atom stereocenters. The monoisotopic (exact) mass is 417 g/mol. The molecule has 4 heteroatoms. The van der Waals surface area contributed by atoms with Crippen molar-refractivity contribution in [3.05, 3.63) is 96.6 Å². The van der Waals surface area contributed by atoms with E-state index in [1.165, 1.54) is 0 Å². The van der Waals surface area contributed by atoms with Crippen LogP contribution in [0, 0.1) is 0 Å². The second-order valence-corrected chi connectivity index (χ2v) is 9.46. The summed E-state index contributed by atoms with van der Waals surface area (Å²) in [7, 11) is -1.03. The first kappa shape index (κ1) is 21.9. The molecule has 3 aromatic carbocycles. The smallest absolute Gasteiger partial charge is 0.231 e. The average molecular weight is 417 g/mol. The van der Waals surface area contributed by atoms with E-state index in [1.54, 1.807) is 0 Å². The molecular weight excluding hydrogens is 389 g/mol. The minimum atomic E-state index is -1.03. The van der Waals surface area contributed by atoms with Crippen LogP contribution in [0.25, 0.3) is 0 Å². The summed E-state index contributed by atoms with van der Waals surface area (Å²) in [5, 5.41) is 2.23. The highest BCUT2D eigenvalue weighted by molar-refractivity contribution is 7.74. The average Bonchev–Trinajstić information content (AvgIpc) is 2.81. The van der Waals surface area contributed by atoms with E-state index >= 15 is 0 Å². The SMILES string of the molecule is CCN(CC)C(=O)[C@@H](CC(=O)c1ccccc1)P(c1ccccc1)c1ccccc1. The van der Waals surface area contributed by atoms with Gasteiger partial charge in [0.1, 0.15) is 0 Å². The van der Waals surface area contributed by atoms with Crippen molar-refractivity contribution in [2.24, 2.45) is 0 Å². The molecule has 3 nitrogen and oxygen atoms in total. The van der Waals surface area contributed by atoms with Crippen LogP contribution in [-0.2, 0) is 4.79 Å². The molecule has 0 aliphatic rings. The number of nitrogens with zero attached hydrogens (tertiary/aromatic N) is 1. The van der Waals surface area contributed by atoms with Gasteiger partial charge in [-0.25, -0.2) is 0 Å². The third kappa shape index (κ3) is 5.23. The number of hydrogen-bond donors (Lipinski definition) is 0. The molecule has 0 aliphatic carbocycles. The molecule has 154 valence electrons. The van der Waals surface area contributed by atoms with Crippen LogP contribution in [0.5, 0.6) is 0 Å². The normalized spacial score (nSPS) is 11.8. The standard InChI is InChI=1S/C26H28NO2P/c1-3-27(4-2)26(29)25(20-24(28)21-14-8-5-9-15-21)30(22-16-10-6-11-17-22)23-18-12-7-13-19-23/h5-19,25H,3-4,20H2,1-2H3/t25-/m1/s1. The molecule has 0 saturated carbocycles. The fraction of sp³-hybridized carbons (Fsp3) is 0.231. The van der Waals surface area contributed by atoms with Crippen molar-refractivity contribution in [1.82, 2.24) is 4.90 Å². The second-order valence-electron chi connectivity index (χ2n) is 7.06. The Balaban J connectivity index is 2.07. The van der Waals surface area contributed by atoms with Crippen molar-refractivity contribution in [1.29, 1.82) is 0 Å². The van der Waals surface area contributed by atoms with Crippen LogP contribution < -0.4 is 10.6 Å². The van der Waals surface area contributed by atoms with E-state index in [-0.39, 0.29) is 18.1 Å². The summed E-state index contributed by atoms with van der Waals surface area (Å²) in [6.07, 6.45) is 0.203. The van der Waals surface area contributed by atoms with E-state index in [4.69, 9.17) is 0 Å². The topological polar surface area (TPSA) is 37.4 Å². The number of amides is 1. The lowest BCUT2D eigenvalue weighted by Gasteiger charge is -2.31. The van der Waals surface area contributed by atoms with Crippen LogP contribution in [0.4, 0.5) is 0 Å². The number of Topliss-reactive ketones (excluding diaryl/α,β-unsaturated/α-hetero) is 1. The Bertz CT molecular complexity index is 901. The van der Waals surface area contributed by atoms with Crippen molar-refractivity contribution in [3.63, 3.8) is 0 Å². The Morgan fingerprint density at radius 1 is 0.733 bits per heavy atom. The molecule has 0 aliphatic heterocycles. The summed E-state index contributed by atoms with van der Waals surface area (Å²) in [4.78, 5) is 28.7.